The van der Waals surface area contributed by atoms with E-state index in [1.165, 1.54) is 41.4 Å². The van der Waals surface area contributed by atoms with Crippen molar-refractivity contribution < 1.29 is 14.0 Å². The Morgan fingerprint density at radius 2 is 1.53 bits per heavy atom. The van der Waals surface area contributed by atoms with Crippen molar-refractivity contribution in [2.75, 3.05) is 4.90 Å². The first-order chi connectivity index (χ1) is 17.4. The molecule has 36 heavy (non-hydrogen) atoms. The third-order valence-corrected chi connectivity index (χ3v) is 6.55. The normalized spacial score (nSPS) is 12.0. The van der Waals surface area contributed by atoms with E-state index in [0.29, 0.717) is 10.8 Å². The molecule has 0 saturated heterocycles. The molecule has 0 saturated carbocycles. The summed E-state index contributed by atoms with van der Waals surface area (Å²) in [6.45, 7) is 3.34. The fraction of sp³-hybridized carbons (Fsp3) is 0.138. The molecule has 4 aromatic rings. The van der Waals surface area contributed by atoms with Crippen molar-refractivity contribution in [3.63, 3.8) is 0 Å². The minimum atomic E-state index is -0.514. The first-order valence-corrected chi connectivity index (χ1v) is 12.4. The molecule has 0 bridgehead atoms. The molecule has 3 aromatic carbocycles. The maximum absolute atomic E-state index is 14.3. The van der Waals surface area contributed by atoms with Crippen LogP contribution in [-0.2, 0) is 9.59 Å². The van der Waals surface area contributed by atoms with Crippen molar-refractivity contribution in [2.24, 2.45) is 0 Å². The Morgan fingerprint density at radius 1 is 0.944 bits per heavy atom. The maximum Gasteiger partial charge on any atom is 0.244 e. The van der Waals surface area contributed by atoms with Crippen LogP contribution in [0.4, 0.5) is 15.2 Å². The summed E-state index contributed by atoms with van der Waals surface area (Å²) in [4.78, 5) is 30.7. The van der Waals surface area contributed by atoms with Gasteiger partial charge in [0.2, 0.25) is 11.8 Å². The highest BCUT2D eigenvalue weighted by Crippen LogP contribution is 2.31. The molecule has 1 unspecified atom stereocenters. The van der Waals surface area contributed by atoms with Gasteiger partial charge in [-0.05, 0) is 36.3 Å². The lowest BCUT2D eigenvalue weighted by Crippen LogP contribution is -2.36. The van der Waals surface area contributed by atoms with Crippen molar-refractivity contribution in [2.45, 2.75) is 25.8 Å². The average Bonchev–Trinajstić information content (AvgIpc) is 3.34. The van der Waals surface area contributed by atoms with Crippen LogP contribution < -0.4 is 10.2 Å². The number of halogens is 1. The average molecular weight is 500 g/mol. The standard InChI is InChI=1S/C29H26FN3O2S/c1-20(28(22-11-5-3-6-12-22)23-13-7-4-8-14-23)31-27(35)18-17-24-19-36-29(32-24)33(21(2)34)26-16-10-9-15-25(26)30/h3-20,28H,1-2H3,(H,31,35). The molecule has 0 spiro atoms. The molecule has 0 fully saturated rings. The molecular formula is C29H26FN3O2S. The van der Waals surface area contributed by atoms with E-state index >= 15 is 0 Å². The molecule has 1 atom stereocenters. The number of aromatic nitrogens is 1. The van der Waals surface area contributed by atoms with Gasteiger partial charge in [-0.25, -0.2) is 9.37 Å². The summed E-state index contributed by atoms with van der Waals surface area (Å²) < 4.78 is 14.3. The molecule has 1 aromatic heterocycles. The number of para-hydroxylation sites is 1. The predicted molar refractivity (Wildman–Crippen MR) is 143 cm³/mol. The van der Waals surface area contributed by atoms with Crippen LogP contribution in [0.3, 0.4) is 0 Å². The molecule has 0 aliphatic carbocycles. The van der Waals surface area contributed by atoms with Gasteiger partial charge in [-0.2, -0.15) is 0 Å². The highest BCUT2D eigenvalue weighted by atomic mass is 32.1. The Hall–Kier alpha value is -4.10. The number of rotatable bonds is 8. The van der Waals surface area contributed by atoms with Crippen molar-refractivity contribution >= 4 is 40.0 Å². The predicted octanol–water partition coefficient (Wildman–Crippen LogP) is 6.32. The highest BCUT2D eigenvalue weighted by molar-refractivity contribution is 7.14. The first kappa shape index (κ1) is 25.0. The van der Waals surface area contributed by atoms with E-state index in [1.807, 2.05) is 43.3 Å². The monoisotopic (exact) mass is 499 g/mol. The molecule has 7 heteroatoms. The molecular weight excluding hydrogens is 473 g/mol. The van der Waals surface area contributed by atoms with Gasteiger partial charge in [0.1, 0.15) is 5.82 Å². The Balaban J connectivity index is 1.48. The second-order valence-electron chi connectivity index (χ2n) is 8.29. The number of thiazole rings is 1. The zero-order valence-corrected chi connectivity index (χ0v) is 20.8. The highest BCUT2D eigenvalue weighted by Gasteiger charge is 2.23. The molecule has 4 rings (SSSR count). The summed E-state index contributed by atoms with van der Waals surface area (Å²) in [7, 11) is 0. The Labute approximate surface area is 213 Å². The van der Waals surface area contributed by atoms with E-state index in [0.717, 1.165) is 11.1 Å². The molecule has 1 heterocycles. The van der Waals surface area contributed by atoms with Gasteiger partial charge in [0, 0.05) is 30.3 Å². The van der Waals surface area contributed by atoms with Crippen molar-refractivity contribution in [1.29, 1.82) is 0 Å². The van der Waals surface area contributed by atoms with E-state index in [1.54, 1.807) is 23.6 Å². The minimum absolute atomic E-state index is 0.0134. The molecule has 1 N–H and O–H groups in total. The van der Waals surface area contributed by atoms with Gasteiger partial charge in [-0.15, -0.1) is 11.3 Å². The van der Waals surface area contributed by atoms with Crippen molar-refractivity contribution in [3.8, 4) is 0 Å². The third kappa shape index (κ3) is 5.93. The minimum Gasteiger partial charge on any atom is -0.349 e. The van der Waals surface area contributed by atoms with Gasteiger partial charge in [-0.1, -0.05) is 72.8 Å². The van der Waals surface area contributed by atoms with E-state index in [2.05, 4.69) is 34.6 Å². The largest absolute Gasteiger partial charge is 0.349 e. The molecule has 0 radical (unpaired) electrons. The van der Waals surface area contributed by atoms with E-state index < -0.39 is 5.82 Å². The number of carbonyl (C=O) groups is 2. The summed E-state index contributed by atoms with van der Waals surface area (Å²) in [5.74, 6) is -1.14. The van der Waals surface area contributed by atoms with E-state index in [4.69, 9.17) is 0 Å². The lowest BCUT2D eigenvalue weighted by Gasteiger charge is -2.25. The van der Waals surface area contributed by atoms with Gasteiger partial charge >= 0.3 is 0 Å². The Bertz CT molecular complexity index is 1320. The van der Waals surface area contributed by atoms with Gasteiger partial charge in [0.15, 0.2) is 5.13 Å². The summed E-state index contributed by atoms with van der Waals surface area (Å²) in [5.41, 5.74) is 2.86. The number of nitrogens with zero attached hydrogens (tertiary/aromatic N) is 2. The van der Waals surface area contributed by atoms with Crippen LogP contribution in [0, 0.1) is 5.82 Å². The molecule has 2 amide bonds. The van der Waals surface area contributed by atoms with Crippen molar-refractivity contribution in [1.82, 2.24) is 10.3 Å². The Kier molecular flexibility index (Phi) is 8.02. The van der Waals surface area contributed by atoms with Gasteiger partial charge in [0.25, 0.3) is 0 Å². The van der Waals surface area contributed by atoms with Crippen LogP contribution in [-0.4, -0.2) is 22.8 Å². The smallest absolute Gasteiger partial charge is 0.244 e. The van der Waals surface area contributed by atoms with Crippen molar-refractivity contribution in [3.05, 3.63) is 119 Å². The molecule has 0 aliphatic rings. The quantitative estimate of drug-likeness (QED) is 0.289. The van der Waals surface area contributed by atoms with E-state index in [9.17, 15) is 14.0 Å². The second-order valence-corrected chi connectivity index (χ2v) is 9.13. The van der Waals surface area contributed by atoms with Crippen LogP contribution in [0.1, 0.15) is 36.6 Å². The zero-order chi connectivity index (χ0) is 25.5. The number of hydrogen-bond acceptors (Lipinski definition) is 4. The maximum atomic E-state index is 14.3. The van der Waals surface area contributed by atoms with Gasteiger partial charge in [-0.3, -0.25) is 14.5 Å². The number of anilines is 2. The number of amides is 2. The molecule has 5 nitrogen and oxygen atoms in total. The topological polar surface area (TPSA) is 62.3 Å². The third-order valence-electron chi connectivity index (χ3n) is 5.70. The van der Waals surface area contributed by atoms with Gasteiger partial charge < -0.3 is 5.32 Å². The fourth-order valence-corrected chi connectivity index (χ4v) is 4.95. The van der Waals surface area contributed by atoms with Gasteiger partial charge in [0.05, 0.1) is 11.4 Å². The number of nitrogens with one attached hydrogen (secondary N) is 1. The Morgan fingerprint density at radius 3 is 2.11 bits per heavy atom. The van der Waals surface area contributed by atoms with Crippen LogP contribution in [0.25, 0.3) is 6.08 Å². The number of benzene rings is 3. The van der Waals surface area contributed by atoms with Crippen LogP contribution in [0.5, 0.6) is 0 Å². The van der Waals surface area contributed by atoms with Crippen LogP contribution in [0.15, 0.2) is 96.4 Å². The summed E-state index contributed by atoms with van der Waals surface area (Å²) in [6, 6.07) is 26.0. The molecule has 182 valence electrons. The summed E-state index contributed by atoms with van der Waals surface area (Å²) >= 11 is 1.20. The van der Waals surface area contributed by atoms with E-state index in [-0.39, 0.29) is 29.5 Å². The summed E-state index contributed by atoms with van der Waals surface area (Å²) in [5, 5.41) is 5.11. The second kappa shape index (κ2) is 11.6. The summed E-state index contributed by atoms with van der Waals surface area (Å²) in [6.07, 6.45) is 3.01. The van der Waals surface area contributed by atoms with Crippen LogP contribution >= 0.6 is 11.3 Å². The SMILES string of the molecule is CC(=O)N(c1nc(C=CC(=O)NC(C)C(c2ccccc2)c2ccccc2)cs1)c1ccccc1F. The van der Waals surface area contributed by atoms with Crippen LogP contribution in [0.2, 0.25) is 0 Å². The number of carbonyl (C=O) groups excluding carboxylic acids is 2. The first-order valence-electron chi connectivity index (χ1n) is 11.5. The fourth-order valence-electron chi connectivity index (χ4n) is 4.10. The lowest BCUT2D eigenvalue weighted by atomic mass is 9.86. The number of hydrogen-bond donors (Lipinski definition) is 1. The molecule has 0 aliphatic heterocycles. The lowest BCUT2D eigenvalue weighted by molar-refractivity contribution is -0.117. The zero-order valence-electron chi connectivity index (χ0n) is 20.0.